The van der Waals surface area contributed by atoms with Gasteiger partial charge in [-0.2, -0.15) is 0 Å². The monoisotopic (exact) mass is 251 g/mol. The molecule has 1 aliphatic heterocycles. The van der Waals surface area contributed by atoms with E-state index in [1.165, 1.54) is 6.20 Å². The molecule has 98 valence electrons. The molecule has 1 amide bonds. The molecule has 1 aliphatic rings. The quantitative estimate of drug-likeness (QED) is 0.706. The summed E-state index contributed by atoms with van der Waals surface area (Å²) in [6.45, 7) is 2.76. The maximum absolute atomic E-state index is 11.0. The van der Waals surface area contributed by atoms with Crippen molar-refractivity contribution in [3.63, 3.8) is 0 Å². The minimum Gasteiger partial charge on any atom is -0.385 e. The molecule has 0 radical (unpaired) electrons. The van der Waals surface area contributed by atoms with Crippen LogP contribution >= 0.6 is 0 Å². The van der Waals surface area contributed by atoms with Crippen LogP contribution in [0.5, 0.6) is 0 Å². The molecule has 0 spiro atoms. The first-order valence-corrected chi connectivity index (χ1v) is 5.85. The fraction of sp³-hybridized carbons (Fsp3) is 0.500. The number of hydrogen-bond donors (Lipinski definition) is 3. The number of aromatic nitrogens is 1. The molecule has 2 atom stereocenters. The summed E-state index contributed by atoms with van der Waals surface area (Å²) < 4.78 is 5.34. The Kier molecular flexibility index (Phi) is 3.49. The molecular formula is C12H17N3O3. The van der Waals surface area contributed by atoms with Crippen molar-refractivity contribution in [1.82, 2.24) is 4.98 Å². The number of anilines is 1. The second-order valence-corrected chi connectivity index (χ2v) is 4.51. The van der Waals surface area contributed by atoms with Gasteiger partial charge < -0.3 is 20.9 Å². The van der Waals surface area contributed by atoms with E-state index in [1.54, 1.807) is 12.1 Å². The topological polar surface area (TPSA) is 97.5 Å². The number of pyridine rings is 1. The summed E-state index contributed by atoms with van der Waals surface area (Å²) >= 11 is 0. The number of carbonyl (C=O) groups excluding carboxylic acids is 1. The number of primary amides is 1. The molecule has 0 bridgehead atoms. The third kappa shape index (κ3) is 2.60. The zero-order chi connectivity index (χ0) is 13.2. The lowest BCUT2D eigenvalue weighted by atomic mass is 9.96. The Morgan fingerprint density at radius 3 is 3.17 bits per heavy atom. The predicted octanol–water partition coefficient (Wildman–Crippen LogP) is 0.132. The first-order chi connectivity index (χ1) is 8.51. The van der Waals surface area contributed by atoms with Crippen molar-refractivity contribution in [3.8, 4) is 0 Å². The van der Waals surface area contributed by atoms with E-state index < -0.39 is 11.5 Å². The van der Waals surface area contributed by atoms with Crippen molar-refractivity contribution in [2.24, 2.45) is 5.73 Å². The molecule has 2 unspecified atom stereocenters. The summed E-state index contributed by atoms with van der Waals surface area (Å²) in [6, 6.07) is 3.28. The summed E-state index contributed by atoms with van der Waals surface area (Å²) in [4.78, 5) is 14.8. The molecule has 4 N–H and O–H groups in total. The molecule has 6 nitrogen and oxygen atoms in total. The highest BCUT2D eigenvalue weighted by atomic mass is 16.5. The average Bonchev–Trinajstić information content (AvgIpc) is 2.68. The van der Waals surface area contributed by atoms with E-state index >= 15 is 0 Å². The molecule has 1 aromatic heterocycles. The summed E-state index contributed by atoms with van der Waals surface area (Å²) in [6.07, 6.45) is 1.89. The molecule has 0 saturated carbocycles. The molecule has 2 heterocycles. The van der Waals surface area contributed by atoms with Crippen LogP contribution in [-0.2, 0) is 4.74 Å². The summed E-state index contributed by atoms with van der Waals surface area (Å²) in [7, 11) is 0. The van der Waals surface area contributed by atoms with Crippen molar-refractivity contribution in [2.45, 2.75) is 25.0 Å². The largest absolute Gasteiger partial charge is 0.385 e. The normalized spacial score (nSPS) is 27.1. The second-order valence-electron chi connectivity index (χ2n) is 4.51. The first kappa shape index (κ1) is 12.8. The van der Waals surface area contributed by atoms with E-state index in [9.17, 15) is 9.90 Å². The van der Waals surface area contributed by atoms with Gasteiger partial charge in [0, 0.05) is 31.5 Å². The van der Waals surface area contributed by atoms with Gasteiger partial charge >= 0.3 is 0 Å². The highest BCUT2D eigenvalue weighted by Gasteiger charge is 2.39. The Morgan fingerprint density at radius 1 is 1.78 bits per heavy atom. The van der Waals surface area contributed by atoms with Gasteiger partial charge in [0.25, 0.3) is 5.91 Å². The Bertz CT molecular complexity index is 452. The van der Waals surface area contributed by atoms with Crippen LogP contribution in [0.1, 0.15) is 23.8 Å². The van der Waals surface area contributed by atoms with E-state index in [0.29, 0.717) is 25.3 Å². The standard InChI is InChI=1S/C12H17N3O3/c1-8-12(17,3-5-18-8)7-15-9-2-4-14-10(6-9)11(13)16/h2,4,6,8,17H,3,5,7H2,1H3,(H2,13,16)(H,14,15). The van der Waals surface area contributed by atoms with Crippen molar-refractivity contribution in [2.75, 3.05) is 18.5 Å². The maximum atomic E-state index is 11.0. The Balaban J connectivity index is 2.02. The Morgan fingerprint density at radius 2 is 2.56 bits per heavy atom. The molecule has 6 heteroatoms. The first-order valence-electron chi connectivity index (χ1n) is 5.85. The minimum absolute atomic E-state index is 0.197. The minimum atomic E-state index is -0.879. The lowest BCUT2D eigenvalue weighted by Gasteiger charge is -2.26. The van der Waals surface area contributed by atoms with Gasteiger partial charge in [0.05, 0.1) is 6.10 Å². The fourth-order valence-electron chi connectivity index (χ4n) is 1.93. The molecular weight excluding hydrogens is 234 g/mol. The zero-order valence-corrected chi connectivity index (χ0v) is 10.2. The number of amides is 1. The highest BCUT2D eigenvalue weighted by Crippen LogP contribution is 2.26. The van der Waals surface area contributed by atoms with Crippen LogP contribution in [0.3, 0.4) is 0 Å². The van der Waals surface area contributed by atoms with Crippen LogP contribution in [0.4, 0.5) is 5.69 Å². The Labute approximate surface area is 105 Å². The number of carbonyl (C=O) groups is 1. The molecule has 0 aromatic carbocycles. The van der Waals surface area contributed by atoms with E-state index in [2.05, 4.69) is 10.3 Å². The van der Waals surface area contributed by atoms with Crippen molar-refractivity contribution >= 4 is 11.6 Å². The third-order valence-electron chi connectivity index (χ3n) is 3.27. The van der Waals surface area contributed by atoms with E-state index in [1.807, 2.05) is 6.92 Å². The maximum Gasteiger partial charge on any atom is 0.267 e. The summed E-state index contributed by atoms with van der Waals surface area (Å²) in [5, 5.41) is 13.4. The van der Waals surface area contributed by atoms with Gasteiger partial charge in [-0.1, -0.05) is 0 Å². The van der Waals surface area contributed by atoms with Crippen molar-refractivity contribution < 1.29 is 14.6 Å². The van der Waals surface area contributed by atoms with Gasteiger partial charge in [0.15, 0.2) is 0 Å². The summed E-state index contributed by atoms with van der Waals surface area (Å²) in [5.41, 5.74) is 5.17. The lowest BCUT2D eigenvalue weighted by molar-refractivity contribution is -0.0175. The van der Waals surface area contributed by atoms with Crippen LogP contribution in [0.2, 0.25) is 0 Å². The Hall–Kier alpha value is -1.66. The zero-order valence-electron chi connectivity index (χ0n) is 10.2. The van der Waals surface area contributed by atoms with Gasteiger partial charge in [-0.15, -0.1) is 0 Å². The number of ether oxygens (including phenoxy) is 1. The van der Waals surface area contributed by atoms with Crippen LogP contribution in [0.15, 0.2) is 18.3 Å². The number of nitrogens with zero attached hydrogens (tertiary/aromatic N) is 1. The van der Waals surface area contributed by atoms with Gasteiger partial charge in [0.2, 0.25) is 0 Å². The number of nitrogens with one attached hydrogen (secondary N) is 1. The van der Waals surface area contributed by atoms with Crippen LogP contribution in [0, 0.1) is 0 Å². The van der Waals surface area contributed by atoms with Crippen molar-refractivity contribution in [3.05, 3.63) is 24.0 Å². The molecule has 18 heavy (non-hydrogen) atoms. The molecule has 1 aromatic rings. The van der Waals surface area contributed by atoms with Crippen molar-refractivity contribution in [1.29, 1.82) is 0 Å². The number of rotatable bonds is 4. The number of aliphatic hydroxyl groups is 1. The second kappa shape index (κ2) is 4.91. The lowest BCUT2D eigenvalue weighted by Crippen LogP contribution is -2.43. The smallest absolute Gasteiger partial charge is 0.267 e. The third-order valence-corrected chi connectivity index (χ3v) is 3.27. The molecule has 1 saturated heterocycles. The van der Waals surface area contributed by atoms with E-state index in [0.717, 1.165) is 0 Å². The number of nitrogens with two attached hydrogens (primary N) is 1. The fourth-order valence-corrected chi connectivity index (χ4v) is 1.93. The highest BCUT2D eigenvalue weighted by molar-refractivity contribution is 5.91. The SMILES string of the molecule is CC1OCCC1(O)CNc1ccnc(C(N)=O)c1. The number of hydrogen-bond acceptors (Lipinski definition) is 5. The van der Waals surface area contributed by atoms with Crippen LogP contribution in [0.25, 0.3) is 0 Å². The van der Waals surface area contributed by atoms with E-state index in [-0.39, 0.29) is 11.8 Å². The van der Waals surface area contributed by atoms with Gasteiger partial charge in [0.1, 0.15) is 11.3 Å². The van der Waals surface area contributed by atoms with Crippen LogP contribution in [-0.4, -0.2) is 40.9 Å². The van der Waals surface area contributed by atoms with Gasteiger partial charge in [-0.3, -0.25) is 9.78 Å². The van der Waals surface area contributed by atoms with E-state index in [4.69, 9.17) is 10.5 Å². The van der Waals surface area contributed by atoms with Crippen LogP contribution < -0.4 is 11.1 Å². The average molecular weight is 251 g/mol. The molecule has 2 rings (SSSR count). The summed E-state index contributed by atoms with van der Waals surface area (Å²) in [5.74, 6) is -0.574. The predicted molar refractivity (Wildman–Crippen MR) is 66.2 cm³/mol. The van der Waals surface area contributed by atoms with Gasteiger partial charge in [-0.05, 0) is 19.1 Å². The molecule has 1 fully saturated rings. The molecule has 0 aliphatic carbocycles. The van der Waals surface area contributed by atoms with Gasteiger partial charge in [-0.25, -0.2) is 0 Å².